The highest BCUT2D eigenvalue weighted by Gasteiger charge is 2.22. The molecule has 1 aliphatic rings. The average Bonchev–Trinajstić information content (AvgIpc) is 3.30. The first-order valence-corrected chi connectivity index (χ1v) is 10.7. The number of benzene rings is 2. The molecule has 0 unspecified atom stereocenters. The third-order valence-corrected chi connectivity index (χ3v) is 5.93. The van der Waals surface area contributed by atoms with E-state index in [0.29, 0.717) is 41.8 Å². The van der Waals surface area contributed by atoms with Crippen molar-refractivity contribution in [2.75, 3.05) is 25.1 Å². The number of halogens is 1. The molecule has 0 N–H and O–H groups in total. The second-order valence-corrected chi connectivity index (χ2v) is 8.08. The fourth-order valence-electron chi connectivity index (χ4n) is 4.34. The number of fused-ring (bicyclic) bond motifs is 1. The van der Waals surface area contributed by atoms with Crippen LogP contribution in [0.4, 0.5) is 10.1 Å². The standard InChI is InChI=1S/C25H27FN2O3/c1-17(29)6-5-15-28-16-20(18-7-9-19(31-2)10-8-18)25(30)23-21(26)11-12-22(24(23)28)27-13-3-4-14-27/h7-12,16H,3-6,13-15H2,1-2H3. The Morgan fingerprint density at radius 3 is 2.45 bits per heavy atom. The summed E-state index contributed by atoms with van der Waals surface area (Å²) >= 11 is 0. The normalized spacial score (nSPS) is 13.7. The molecule has 31 heavy (non-hydrogen) atoms. The zero-order chi connectivity index (χ0) is 22.0. The minimum atomic E-state index is -0.515. The predicted molar refractivity (Wildman–Crippen MR) is 122 cm³/mol. The van der Waals surface area contributed by atoms with Crippen LogP contribution in [-0.2, 0) is 11.3 Å². The van der Waals surface area contributed by atoms with Gasteiger partial charge in [-0.25, -0.2) is 4.39 Å². The highest BCUT2D eigenvalue weighted by Crippen LogP contribution is 2.32. The van der Waals surface area contributed by atoms with Crippen molar-refractivity contribution in [3.63, 3.8) is 0 Å². The van der Waals surface area contributed by atoms with Gasteiger partial charge in [0.1, 0.15) is 17.3 Å². The number of ether oxygens (including phenoxy) is 1. The van der Waals surface area contributed by atoms with Gasteiger partial charge in [0.25, 0.3) is 0 Å². The number of aryl methyl sites for hydroxylation is 1. The molecule has 0 aliphatic carbocycles. The summed E-state index contributed by atoms with van der Waals surface area (Å²) in [6, 6.07) is 10.4. The number of anilines is 1. The lowest BCUT2D eigenvalue weighted by Crippen LogP contribution is -2.22. The van der Waals surface area contributed by atoms with Crippen LogP contribution in [-0.4, -0.2) is 30.5 Å². The molecule has 6 heteroatoms. The number of carbonyl (C=O) groups is 1. The topological polar surface area (TPSA) is 51.5 Å². The number of aromatic nitrogens is 1. The molecule has 0 saturated carbocycles. The van der Waals surface area contributed by atoms with E-state index in [1.165, 1.54) is 6.07 Å². The van der Waals surface area contributed by atoms with Crippen LogP contribution in [0.1, 0.15) is 32.6 Å². The molecule has 0 radical (unpaired) electrons. The maximum absolute atomic E-state index is 15.1. The van der Waals surface area contributed by atoms with E-state index < -0.39 is 5.82 Å². The van der Waals surface area contributed by atoms with Crippen molar-refractivity contribution in [3.05, 3.63) is 58.6 Å². The summed E-state index contributed by atoms with van der Waals surface area (Å²) in [5.74, 6) is 0.291. The number of hydrogen-bond donors (Lipinski definition) is 0. The van der Waals surface area contributed by atoms with E-state index in [1.54, 1.807) is 32.2 Å². The quantitative estimate of drug-likeness (QED) is 0.550. The second kappa shape index (κ2) is 8.92. The van der Waals surface area contributed by atoms with Gasteiger partial charge in [-0.15, -0.1) is 0 Å². The van der Waals surface area contributed by atoms with Crippen LogP contribution < -0.4 is 15.1 Å². The van der Waals surface area contributed by atoms with Crippen LogP contribution >= 0.6 is 0 Å². The first-order chi connectivity index (χ1) is 15.0. The highest BCUT2D eigenvalue weighted by atomic mass is 19.1. The smallest absolute Gasteiger partial charge is 0.200 e. The summed E-state index contributed by atoms with van der Waals surface area (Å²) in [6.45, 7) is 3.89. The Balaban J connectivity index is 1.93. The molecule has 1 aliphatic heterocycles. The van der Waals surface area contributed by atoms with Gasteiger partial charge in [-0.1, -0.05) is 12.1 Å². The van der Waals surface area contributed by atoms with Gasteiger partial charge in [0.2, 0.25) is 0 Å². The monoisotopic (exact) mass is 422 g/mol. The number of Topliss-reactive ketones (excluding diaryl/α,β-unsaturated/α-hetero) is 1. The van der Waals surface area contributed by atoms with Crippen LogP contribution in [0.2, 0.25) is 0 Å². The van der Waals surface area contributed by atoms with Gasteiger partial charge < -0.3 is 19.0 Å². The summed E-state index contributed by atoms with van der Waals surface area (Å²) < 4.78 is 22.2. The molecule has 0 amide bonds. The van der Waals surface area contributed by atoms with Crippen molar-refractivity contribution >= 4 is 22.4 Å². The Labute approximate surface area is 181 Å². The van der Waals surface area contributed by atoms with Crippen molar-refractivity contribution in [2.45, 2.75) is 39.2 Å². The van der Waals surface area contributed by atoms with Crippen LogP contribution in [0.5, 0.6) is 5.75 Å². The minimum absolute atomic E-state index is 0.112. The first kappa shape index (κ1) is 21.1. The predicted octanol–water partition coefficient (Wildman–Crippen LogP) is 4.79. The number of nitrogens with zero attached hydrogens (tertiary/aromatic N) is 2. The van der Waals surface area contributed by atoms with Crippen molar-refractivity contribution < 1.29 is 13.9 Å². The van der Waals surface area contributed by atoms with Gasteiger partial charge in [-0.3, -0.25) is 4.79 Å². The van der Waals surface area contributed by atoms with E-state index >= 15 is 4.39 Å². The number of pyridine rings is 1. The van der Waals surface area contributed by atoms with Crippen LogP contribution in [0.3, 0.4) is 0 Å². The fraction of sp³-hybridized carbons (Fsp3) is 0.360. The van der Waals surface area contributed by atoms with E-state index in [-0.39, 0.29) is 16.6 Å². The van der Waals surface area contributed by atoms with E-state index in [4.69, 9.17) is 4.74 Å². The van der Waals surface area contributed by atoms with Gasteiger partial charge in [0.15, 0.2) is 5.43 Å². The van der Waals surface area contributed by atoms with E-state index in [9.17, 15) is 9.59 Å². The molecular formula is C25H27FN2O3. The van der Waals surface area contributed by atoms with Gasteiger partial charge in [0, 0.05) is 37.8 Å². The molecular weight excluding hydrogens is 395 g/mol. The van der Waals surface area contributed by atoms with E-state index in [1.807, 2.05) is 22.9 Å². The van der Waals surface area contributed by atoms with Crippen molar-refractivity contribution in [3.8, 4) is 16.9 Å². The van der Waals surface area contributed by atoms with Gasteiger partial charge in [0.05, 0.1) is 23.7 Å². The zero-order valence-corrected chi connectivity index (χ0v) is 18.0. The minimum Gasteiger partial charge on any atom is -0.497 e. The number of rotatable bonds is 7. The third-order valence-electron chi connectivity index (χ3n) is 5.93. The maximum atomic E-state index is 15.1. The number of hydrogen-bond acceptors (Lipinski definition) is 4. The molecule has 4 rings (SSSR count). The Bertz CT molecular complexity index is 1160. The molecule has 1 fully saturated rings. The summed E-state index contributed by atoms with van der Waals surface area (Å²) in [6.07, 6.45) is 5.05. The molecule has 2 heterocycles. The number of carbonyl (C=O) groups excluding carboxylic acids is 1. The SMILES string of the molecule is COc1ccc(-c2cn(CCCC(C)=O)c3c(N4CCCC4)ccc(F)c3c2=O)cc1. The zero-order valence-electron chi connectivity index (χ0n) is 18.0. The molecule has 162 valence electrons. The summed E-state index contributed by atoms with van der Waals surface area (Å²) in [7, 11) is 1.59. The number of methoxy groups -OCH3 is 1. The molecule has 0 spiro atoms. The highest BCUT2D eigenvalue weighted by molar-refractivity contribution is 5.94. The molecule has 0 bridgehead atoms. The van der Waals surface area contributed by atoms with Gasteiger partial charge in [-0.2, -0.15) is 0 Å². The molecule has 2 aromatic carbocycles. The van der Waals surface area contributed by atoms with Crippen molar-refractivity contribution in [1.82, 2.24) is 4.57 Å². The average molecular weight is 423 g/mol. The van der Waals surface area contributed by atoms with Gasteiger partial charge in [-0.05, 0) is 56.0 Å². The molecule has 1 saturated heterocycles. The van der Waals surface area contributed by atoms with Crippen molar-refractivity contribution in [2.24, 2.45) is 0 Å². The second-order valence-electron chi connectivity index (χ2n) is 8.08. The van der Waals surface area contributed by atoms with Crippen molar-refractivity contribution in [1.29, 1.82) is 0 Å². The Morgan fingerprint density at radius 2 is 1.81 bits per heavy atom. The lowest BCUT2D eigenvalue weighted by molar-refractivity contribution is -0.117. The number of ketones is 1. The molecule has 5 nitrogen and oxygen atoms in total. The maximum Gasteiger partial charge on any atom is 0.200 e. The molecule has 1 aromatic heterocycles. The Morgan fingerprint density at radius 1 is 1.10 bits per heavy atom. The van der Waals surface area contributed by atoms with E-state index in [0.717, 1.165) is 31.6 Å². The van der Waals surface area contributed by atoms with Gasteiger partial charge >= 0.3 is 0 Å². The fourth-order valence-corrected chi connectivity index (χ4v) is 4.34. The summed E-state index contributed by atoms with van der Waals surface area (Å²) in [5, 5.41) is 0.112. The Kier molecular flexibility index (Phi) is 6.07. The lowest BCUT2D eigenvalue weighted by atomic mass is 10.0. The third kappa shape index (κ3) is 4.20. The lowest BCUT2D eigenvalue weighted by Gasteiger charge is -2.23. The largest absolute Gasteiger partial charge is 0.497 e. The van der Waals surface area contributed by atoms with Crippen LogP contribution in [0, 0.1) is 5.82 Å². The first-order valence-electron chi connectivity index (χ1n) is 10.7. The van der Waals surface area contributed by atoms with Crippen LogP contribution in [0.25, 0.3) is 22.0 Å². The Hall–Kier alpha value is -3.15. The summed E-state index contributed by atoms with van der Waals surface area (Å²) in [4.78, 5) is 27.2. The summed E-state index contributed by atoms with van der Waals surface area (Å²) in [5.41, 5.74) is 2.33. The van der Waals surface area contributed by atoms with Crippen LogP contribution in [0.15, 0.2) is 47.4 Å². The molecule has 0 atom stereocenters. The molecule has 3 aromatic rings. The van der Waals surface area contributed by atoms with E-state index in [2.05, 4.69) is 4.90 Å².